The van der Waals surface area contributed by atoms with Gasteiger partial charge in [0.1, 0.15) is 5.75 Å². The van der Waals surface area contributed by atoms with Crippen molar-refractivity contribution in [1.29, 1.82) is 0 Å². The molecule has 0 saturated carbocycles. The smallest absolute Gasteiger partial charge is 0.358 e. The first-order valence-electron chi connectivity index (χ1n) is 5.19. The molecule has 19 heavy (non-hydrogen) atoms. The van der Waals surface area contributed by atoms with Crippen molar-refractivity contribution in [3.05, 3.63) is 52.1 Å². The maximum absolute atomic E-state index is 12.3. The van der Waals surface area contributed by atoms with Gasteiger partial charge in [0.25, 0.3) is 0 Å². The highest BCUT2D eigenvalue weighted by Gasteiger charge is 2.08. The van der Waals surface area contributed by atoms with Crippen LogP contribution >= 0.6 is 22.6 Å². The number of benzene rings is 2. The number of anilines is 2. The van der Waals surface area contributed by atoms with Crippen LogP contribution in [0, 0.1) is 3.57 Å². The van der Waals surface area contributed by atoms with Gasteiger partial charge in [-0.25, -0.2) is 0 Å². The molecule has 0 heterocycles. The molecule has 0 spiro atoms. The van der Waals surface area contributed by atoms with E-state index in [1.54, 1.807) is 12.1 Å². The first-order valence-corrected chi connectivity index (χ1v) is 7.58. The second-order valence-corrected chi connectivity index (χ2v) is 5.83. The van der Waals surface area contributed by atoms with Gasteiger partial charge < -0.3 is 9.50 Å². The molecule has 100 valence electrons. The number of hydrogen-bond acceptors (Lipinski definition) is 4. The summed E-state index contributed by atoms with van der Waals surface area (Å²) in [6.45, 7) is 0. The summed E-state index contributed by atoms with van der Waals surface area (Å²) in [7, 11) is -4.98. The second-order valence-electron chi connectivity index (χ2n) is 3.64. The number of hydrogen-bond donors (Lipinski definition) is 1. The van der Waals surface area contributed by atoms with Crippen molar-refractivity contribution in [2.24, 2.45) is 0 Å². The van der Waals surface area contributed by atoms with Gasteiger partial charge in [0.15, 0.2) is 0 Å². The summed E-state index contributed by atoms with van der Waals surface area (Å²) >= 11 is 2.20. The summed E-state index contributed by atoms with van der Waals surface area (Å²) in [6, 6.07) is 13.7. The van der Waals surface area contributed by atoms with Gasteiger partial charge >= 0.3 is 10.5 Å². The molecular formula is C12H9FINO3S. The van der Waals surface area contributed by atoms with Gasteiger partial charge in [0.05, 0.1) is 0 Å². The third-order valence-corrected chi connectivity index (χ3v) is 3.23. The number of rotatable bonds is 4. The Hall–Kier alpha value is -1.35. The minimum Gasteiger partial charge on any atom is -0.358 e. The van der Waals surface area contributed by atoms with Crippen molar-refractivity contribution in [2.45, 2.75) is 0 Å². The Morgan fingerprint density at radius 2 is 1.74 bits per heavy atom. The highest BCUT2D eigenvalue weighted by molar-refractivity contribution is 14.1. The van der Waals surface area contributed by atoms with Crippen LogP contribution in [0.3, 0.4) is 0 Å². The lowest BCUT2D eigenvalue weighted by Gasteiger charge is -2.07. The Morgan fingerprint density at radius 3 is 2.32 bits per heavy atom. The molecule has 7 heteroatoms. The molecule has 2 rings (SSSR count). The fourth-order valence-electron chi connectivity index (χ4n) is 1.44. The average Bonchev–Trinajstić information content (AvgIpc) is 2.30. The fourth-order valence-corrected chi connectivity index (χ4v) is 2.33. The zero-order chi connectivity index (χ0) is 13.9. The largest absolute Gasteiger partial charge is 0.488 e. The maximum atomic E-state index is 12.3. The third kappa shape index (κ3) is 4.67. The van der Waals surface area contributed by atoms with Crippen LogP contribution in [-0.4, -0.2) is 8.42 Å². The van der Waals surface area contributed by atoms with E-state index in [-0.39, 0.29) is 5.75 Å². The molecule has 0 bridgehead atoms. The van der Waals surface area contributed by atoms with Crippen LogP contribution in [0.5, 0.6) is 5.75 Å². The zero-order valence-corrected chi connectivity index (χ0v) is 12.5. The molecule has 2 aromatic rings. The Labute approximate surface area is 124 Å². The topological polar surface area (TPSA) is 55.4 Å². The van der Waals surface area contributed by atoms with Crippen molar-refractivity contribution in [3.8, 4) is 5.75 Å². The minimum atomic E-state index is -4.98. The SMILES string of the molecule is O=S(=O)(F)Oc1ccc(Nc2cccc(I)c2)cc1. The predicted molar refractivity (Wildman–Crippen MR) is 79.5 cm³/mol. The molecule has 1 N–H and O–H groups in total. The Bertz CT molecular complexity index is 674. The van der Waals surface area contributed by atoms with E-state index in [9.17, 15) is 12.3 Å². The zero-order valence-electron chi connectivity index (χ0n) is 9.51. The van der Waals surface area contributed by atoms with Gasteiger partial charge in [-0.3, -0.25) is 0 Å². The van der Waals surface area contributed by atoms with E-state index in [2.05, 4.69) is 32.1 Å². The van der Waals surface area contributed by atoms with E-state index >= 15 is 0 Å². The molecule has 0 aromatic heterocycles. The van der Waals surface area contributed by atoms with Gasteiger partial charge in [0.2, 0.25) is 0 Å². The Balaban J connectivity index is 2.11. The molecule has 0 aliphatic rings. The normalized spacial score (nSPS) is 11.1. The lowest BCUT2D eigenvalue weighted by molar-refractivity contribution is 0.440. The van der Waals surface area contributed by atoms with E-state index in [1.165, 1.54) is 12.1 Å². The van der Waals surface area contributed by atoms with E-state index in [0.717, 1.165) is 14.9 Å². The van der Waals surface area contributed by atoms with E-state index in [1.807, 2.05) is 24.3 Å². The maximum Gasteiger partial charge on any atom is 0.488 e. The lowest BCUT2D eigenvalue weighted by Crippen LogP contribution is -2.01. The number of halogens is 2. The van der Waals surface area contributed by atoms with Crippen molar-refractivity contribution in [3.63, 3.8) is 0 Å². The molecule has 0 atom stereocenters. The van der Waals surface area contributed by atoms with Crippen molar-refractivity contribution >= 4 is 44.5 Å². The standard InChI is InChI=1S/C12H9FINO3S/c13-19(16,17)18-12-6-4-10(5-7-12)15-11-3-1-2-9(14)8-11/h1-8,15H. The van der Waals surface area contributed by atoms with Crippen LogP contribution in [0.4, 0.5) is 15.3 Å². The molecule has 0 aliphatic carbocycles. The van der Waals surface area contributed by atoms with Crippen LogP contribution in [0.15, 0.2) is 48.5 Å². The highest BCUT2D eigenvalue weighted by Crippen LogP contribution is 2.22. The molecule has 0 saturated heterocycles. The molecule has 4 nitrogen and oxygen atoms in total. The Kier molecular flexibility index (Phi) is 4.25. The van der Waals surface area contributed by atoms with Crippen LogP contribution < -0.4 is 9.50 Å². The monoisotopic (exact) mass is 393 g/mol. The molecule has 0 fully saturated rings. The summed E-state index contributed by atoms with van der Waals surface area (Å²) in [5, 5.41) is 3.13. The van der Waals surface area contributed by atoms with Crippen molar-refractivity contribution in [2.75, 3.05) is 5.32 Å². The van der Waals surface area contributed by atoms with Gasteiger partial charge in [-0.05, 0) is 65.1 Å². The van der Waals surface area contributed by atoms with Gasteiger partial charge in [0, 0.05) is 14.9 Å². The summed E-state index contributed by atoms with van der Waals surface area (Å²) < 4.78 is 38.1. The van der Waals surface area contributed by atoms with Gasteiger partial charge in [-0.1, -0.05) is 9.95 Å². The molecular weight excluding hydrogens is 384 g/mol. The van der Waals surface area contributed by atoms with Crippen LogP contribution in [0.2, 0.25) is 0 Å². The Morgan fingerprint density at radius 1 is 1.05 bits per heavy atom. The minimum absolute atomic E-state index is 0.0734. The molecule has 0 unspecified atom stereocenters. The van der Waals surface area contributed by atoms with E-state index in [0.29, 0.717) is 0 Å². The first-order chi connectivity index (χ1) is 8.92. The van der Waals surface area contributed by atoms with E-state index < -0.39 is 10.5 Å². The second kappa shape index (κ2) is 5.74. The number of nitrogens with one attached hydrogen (secondary N) is 1. The molecule has 0 amide bonds. The summed E-state index contributed by atoms with van der Waals surface area (Å²) in [5.41, 5.74) is 1.64. The summed E-state index contributed by atoms with van der Waals surface area (Å²) in [4.78, 5) is 0. The highest BCUT2D eigenvalue weighted by atomic mass is 127. The van der Waals surface area contributed by atoms with Crippen LogP contribution in [0.25, 0.3) is 0 Å². The van der Waals surface area contributed by atoms with Crippen LogP contribution in [-0.2, 0) is 10.5 Å². The van der Waals surface area contributed by atoms with Gasteiger partial charge in [-0.2, -0.15) is 8.42 Å². The molecule has 0 aliphatic heterocycles. The van der Waals surface area contributed by atoms with E-state index in [4.69, 9.17) is 0 Å². The summed E-state index contributed by atoms with van der Waals surface area (Å²) in [6.07, 6.45) is 0. The van der Waals surface area contributed by atoms with Crippen LogP contribution in [0.1, 0.15) is 0 Å². The first kappa shape index (κ1) is 14.1. The predicted octanol–water partition coefficient (Wildman–Crippen LogP) is 3.63. The summed E-state index contributed by atoms with van der Waals surface area (Å²) in [5.74, 6) is -0.0734. The lowest BCUT2D eigenvalue weighted by atomic mass is 10.2. The van der Waals surface area contributed by atoms with Gasteiger partial charge in [-0.15, -0.1) is 0 Å². The fraction of sp³-hybridized carbons (Fsp3) is 0. The molecule has 2 aromatic carbocycles. The van der Waals surface area contributed by atoms with Crippen molar-refractivity contribution in [1.82, 2.24) is 0 Å². The molecule has 0 radical (unpaired) electrons. The third-order valence-electron chi connectivity index (χ3n) is 2.16. The quantitative estimate of drug-likeness (QED) is 0.637. The van der Waals surface area contributed by atoms with Crippen molar-refractivity contribution < 1.29 is 16.5 Å². The average molecular weight is 393 g/mol.